The van der Waals surface area contributed by atoms with E-state index in [-0.39, 0.29) is 5.91 Å². The van der Waals surface area contributed by atoms with Crippen molar-refractivity contribution < 1.29 is 4.79 Å². The first-order valence-corrected chi connectivity index (χ1v) is 8.98. The van der Waals surface area contributed by atoms with Crippen LogP contribution in [0.15, 0.2) is 54.9 Å². The summed E-state index contributed by atoms with van der Waals surface area (Å²) in [5, 5.41) is 4.84. The summed E-state index contributed by atoms with van der Waals surface area (Å²) in [5.74, 6) is -0.0449. The summed E-state index contributed by atoms with van der Waals surface area (Å²) < 4.78 is 1.73. The fourth-order valence-electron chi connectivity index (χ4n) is 2.43. The zero-order chi connectivity index (χ0) is 17.8. The maximum absolute atomic E-state index is 12.3. The number of halogens is 1. The van der Waals surface area contributed by atoms with Crippen molar-refractivity contribution in [2.75, 3.05) is 7.05 Å². The first-order chi connectivity index (χ1) is 12.0. The van der Waals surface area contributed by atoms with Crippen molar-refractivity contribution in [2.24, 2.45) is 7.05 Å². The van der Waals surface area contributed by atoms with Crippen LogP contribution in [0.4, 0.5) is 0 Å². The molecule has 0 atom stereocenters. The van der Waals surface area contributed by atoms with Crippen molar-refractivity contribution in [1.82, 2.24) is 14.7 Å². The first kappa shape index (κ1) is 17.5. The van der Waals surface area contributed by atoms with E-state index in [1.54, 1.807) is 40.2 Å². The van der Waals surface area contributed by atoms with Gasteiger partial charge in [0.05, 0.1) is 6.20 Å². The standard InChI is InChI=1S/C19H18ClN3OS/c1-22(12-14-11-21-23(2)13-14)19(24)10-8-15-7-9-18(25-15)16-5-3-4-6-17(16)20/h3-11,13H,12H2,1-2H3/b10-8+. The van der Waals surface area contributed by atoms with E-state index in [0.717, 1.165) is 25.9 Å². The number of aryl methyl sites for hydroxylation is 1. The lowest BCUT2D eigenvalue weighted by Crippen LogP contribution is -2.23. The van der Waals surface area contributed by atoms with E-state index in [4.69, 9.17) is 11.6 Å². The summed E-state index contributed by atoms with van der Waals surface area (Å²) in [6.45, 7) is 0.534. The van der Waals surface area contributed by atoms with Crippen LogP contribution in [0.1, 0.15) is 10.4 Å². The van der Waals surface area contributed by atoms with Crippen LogP contribution in [0.25, 0.3) is 16.5 Å². The Morgan fingerprint density at radius 1 is 1.32 bits per heavy atom. The Bertz CT molecular complexity index is 913. The van der Waals surface area contributed by atoms with E-state index >= 15 is 0 Å². The van der Waals surface area contributed by atoms with Gasteiger partial charge in [0, 0.05) is 58.8 Å². The molecule has 0 spiro atoms. The summed E-state index contributed by atoms with van der Waals surface area (Å²) in [5.41, 5.74) is 2.01. The van der Waals surface area contributed by atoms with Crippen molar-refractivity contribution in [2.45, 2.75) is 6.54 Å². The number of nitrogens with zero attached hydrogens (tertiary/aromatic N) is 3. The molecule has 0 aliphatic carbocycles. The number of hydrogen-bond acceptors (Lipinski definition) is 3. The fraction of sp³-hybridized carbons (Fsp3) is 0.158. The predicted octanol–water partition coefficient (Wildman–Crippen LogP) is 4.47. The maximum atomic E-state index is 12.3. The molecule has 3 rings (SSSR count). The van der Waals surface area contributed by atoms with Crippen LogP contribution in [0.2, 0.25) is 5.02 Å². The van der Waals surface area contributed by atoms with Gasteiger partial charge in [-0.2, -0.15) is 5.10 Å². The molecule has 4 nitrogen and oxygen atoms in total. The molecule has 2 heterocycles. The van der Waals surface area contributed by atoms with Crippen LogP contribution in [0, 0.1) is 0 Å². The highest BCUT2D eigenvalue weighted by atomic mass is 35.5. The molecule has 0 aliphatic heterocycles. The molecule has 0 radical (unpaired) electrons. The van der Waals surface area contributed by atoms with Crippen LogP contribution >= 0.6 is 22.9 Å². The van der Waals surface area contributed by atoms with Crippen molar-refractivity contribution >= 4 is 34.9 Å². The van der Waals surface area contributed by atoms with E-state index in [2.05, 4.69) is 5.10 Å². The zero-order valence-corrected chi connectivity index (χ0v) is 15.6. The quantitative estimate of drug-likeness (QED) is 0.620. The molecule has 2 aromatic heterocycles. The lowest BCUT2D eigenvalue weighted by atomic mass is 10.2. The van der Waals surface area contributed by atoms with Crippen molar-refractivity contribution in [3.63, 3.8) is 0 Å². The van der Waals surface area contributed by atoms with Crippen LogP contribution in [0.5, 0.6) is 0 Å². The average Bonchev–Trinajstić information content (AvgIpc) is 3.22. The first-order valence-electron chi connectivity index (χ1n) is 7.78. The molecule has 3 aromatic rings. The summed E-state index contributed by atoms with van der Waals surface area (Å²) in [7, 11) is 3.64. The largest absolute Gasteiger partial charge is 0.338 e. The molecular weight excluding hydrogens is 354 g/mol. The van der Waals surface area contributed by atoms with Crippen molar-refractivity contribution in [1.29, 1.82) is 0 Å². The average molecular weight is 372 g/mol. The fourth-order valence-corrected chi connectivity index (χ4v) is 3.68. The molecule has 0 N–H and O–H groups in total. The number of benzene rings is 1. The SMILES string of the molecule is CN(Cc1cnn(C)c1)C(=O)/C=C/c1ccc(-c2ccccc2Cl)s1. The lowest BCUT2D eigenvalue weighted by Gasteiger charge is -2.13. The summed E-state index contributed by atoms with van der Waals surface area (Å²) >= 11 is 7.84. The zero-order valence-electron chi connectivity index (χ0n) is 14.0. The Morgan fingerprint density at radius 2 is 2.12 bits per heavy atom. The minimum Gasteiger partial charge on any atom is -0.338 e. The number of amides is 1. The summed E-state index contributed by atoms with van der Waals surface area (Å²) in [4.78, 5) is 16.0. The second kappa shape index (κ2) is 7.68. The normalized spacial score (nSPS) is 11.2. The monoisotopic (exact) mass is 371 g/mol. The van der Waals surface area contributed by atoms with Gasteiger partial charge in [-0.1, -0.05) is 29.8 Å². The Balaban J connectivity index is 1.66. The van der Waals surface area contributed by atoms with E-state index in [1.165, 1.54) is 0 Å². The number of thiophene rings is 1. The molecule has 0 saturated heterocycles. The van der Waals surface area contributed by atoms with Gasteiger partial charge in [-0.15, -0.1) is 11.3 Å². The molecule has 0 bridgehead atoms. The second-order valence-corrected chi connectivity index (χ2v) is 7.25. The van der Waals surface area contributed by atoms with E-state index in [0.29, 0.717) is 6.54 Å². The van der Waals surface area contributed by atoms with Gasteiger partial charge in [-0.05, 0) is 24.3 Å². The molecule has 128 valence electrons. The number of carbonyl (C=O) groups excluding carboxylic acids is 1. The Kier molecular flexibility index (Phi) is 5.36. The van der Waals surface area contributed by atoms with Crippen molar-refractivity contribution in [3.05, 3.63) is 70.3 Å². The van der Waals surface area contributed by atoms with Gasteiger partial charge >= 0.3 is 0 Å². The van der Waals surface area contributed by atoms with Gasteiger partial charge < -0.3 is 4.90 Å². The molecule has 6 heteroatoms. The summed E-state index contributed by atoms with van der Waals surface area (Å²) in [6, 6.07) is 11.8. The Morgan fingerprint density at radius 3 is 2.84 bits per heavy atom. The number of carbonyl (C=O) groups is 1. The van der Waals surface area contributed by atoms with E-state index < -0.39 is 0 Å². The third-order valence-electron chi connectivity index (χ3n) is 3.71. The molecule has 0 aliphatic rings. The molecule has 0 fully saturated rings. The Hall–Kier alpha value is -2.37. The van der Waals surface area contributed by atoms with E-state index in [9.17, 15) is 4.79 Å². The van der Waals surface area contributed by atoms with Crippen molar-refractivity contribution in [3.8, 4) is 10.4 Å². The minimum atomic E-state index is -0.0449. The number of hydrogen-bond donors (Lipinski definition) is 0. The van der Waals surface area contributed by atoms with Gasteiger partial charge in [-0.3, -0.25) is 9.48 Å². The van der Waals surface area contributed by atoms with Gasteiger partial charge in [0.15, 0.2) is 0 Å². The second-order valence-electron chi connectivity index (χ2n) is 5.73. The molecule has 1 aromatic carbocycles. The van der Waals surface area contributed by atoms with E-state index in [1.807, 2.05) is 55.7 Å². The maximum Gasteiger partial charge on any atom is 0.246 e. The van der Waals surface area contributed by atoms with Gasteiger partial charge in [0.2, 0.25) is 5.91 Å². The lowest BCUT2D eigenvalue weighted by molar-refractivity contribution is -0.125. The smallest absolute Gasteiger partial charge is 0.246 e. The van der Waals surface area contributed by atoms with Gasteiger partial charge in [0.1, 0.15) is 0 Å². The van der Waals surface area contributed by atoms with Crippen LogP contribution < -0.4 is 0 Å². The van der Waals surface area contributed by atoms with Gasteiger partial charge in [-0.25, -0.2) is 0 Å². The molecule has 1 amide bonds. The Labute approximate surface area is 156 Å². The molecule has 0 saturated carbocycles. The van der Waals surface area contributed by atoms with Gasteiger partial charge in [0.25, 0.3) is 0 Å². The van der Waals surface area contributed by atoms with Crippen LogP contribution in [-0.4, -0.2) is 27.6 Å². The highest BCUT2D eigenvalue weighted by molar-refractivity contribution is 7.16. The third kappa shape index (κ3) is 4.38. The summed E-state index contributed by atoms with van der Waals surface area (Å²) in [6.07, 6.45) is 7.11. The topological polar surface area (TPSA) is 38.1 Å². The number of rotatable bonds is 5. The highest BCUT2D eigenvalue weighted by Gasteiger charge is 2.08. The number of likely N-dealkylation sites (N-methyl/N-ethyl adjacent to an activating group) is 1. The van der Waals surface area contributed by atoms with Crippen LogP contribution in [-0.2, 0) is 18.4 Å². The molecular formula is C19H18ClN3OS. The highest BCUT2D eigenvalue weighted by Crippen LogP contribution is 2.33. The molecule has 25 heavy (non-hydrogen) atoms. The third-order valence-corrected chi connectivity index (χ3v) is 5.12. The minimum absolute atomic E-state index is 0.0449. The molecule has 0 unspecified atom stereocenters. The number of aromatic nitrogens is 2. The predicted molar refractivity (Wildman–Crippen MR) is 103 cm³/mol. The van der Waals surface area contributed by atoms with Crippen LogP contribution in [0.3, 0.4) is 0 Å².